The predicted molar refractivity (Wildman–Crippen MR) is 124 cm³/mol. The Hall–Kier alpha value is -3.48. The van der Waals surface area contributed by atoms with Gasteiger partial charge in [-0.15, -0.1) is 0 Å². The zero-order chi connectivity index (χ0) is 23.4. The second-order valence-corrected chi connectivity index (χ2v) is 8.84. The maximum Gasteiger partial charge on any atom is 0.253 e. The molecule has 2 aromatic carbocycles. The number of nitrogens with one attached hydrogen (secondary N) is 2. The Morgan fingerprint density at radius 1 is 0.939 bits per heavy atom. The lowest BCUT2D eigenvalue weighted by atomic mass is 9.81. The minimum atomic E-state index is -0.343. The Bertz CT molecular complexity index is 1040. The van der Waals surface area contributed by atoms with E-state index in [-0.39, 0.29) is 48.4 Å². The first-order valence-corrected chi connectivity index (χ1v) is 11.5. The van der Waals surface area contributed by atoms with Crippen molar-refractivity contribution in [2.24, 2.45) is 11.8 Å². The molecule has 1 aliphatic carbocycles. The van der Waals surface area contributed by atoms with Gasteiger partial charge in [0, 0.05) is 19.5 Å². The van der Waals surface area contributed by atoms with Crippen molar-refractivity contribution in [3.63, 3.8) is 0 Å². The van der Waals surface area contributed by atoms with Crippen LogP contribution in [0.1, 0.15) is 53.6 Å². The summed E-state index contributed by atoms with van der Waals surface area (Å²) >= 11 is 0. The van der Waals surface area contributed by atoms with E-state index < -0.39 is 0 Å². The molecule has 172 valence electrons. The highest BCUT2D eigenvalue weighted by molar-refractivity contribution is 6.06. The summed E-state index contributed by atoms with van der Waals surface area (Å²) in [6, 6.07) is 14.7. The third-order valence-electron chi connectivity index (χ3n) is 6.51. The van der Waals surface area contributed by atoms with Gasteiger partial charge in [0.15, 0.2) is 0 Å². The molecule has 7 nitrogen and oxygen atoms in total. The minimum absolute atomic E-state index is 0.00373. The van der Waals surface area contributed by atoms with Crippen molar-refractivity contribution in [3.05, 3.63) is 65.2 Å². The molecule has 2 N–H and O–H groups in total. The van der Waals surface area contributed by atoms with E-state index in [0.717, 1.165) is 36.8 Å². The van der Waals surface area contributed by atoms with E-state index in [1.807, 2.05) is 31.2 Å². The number of carbonyl (C=O) groups excluding carboxylic acids is 4. The van der Waals surface area contributed by atoms with E-state index in [0.29, 0.717) is 17.8 Å². The molecule has 0 aromatic heterocycles. The van der Waals surface area contributed by atoms with Crippen LogP contribution in [-0.2, 0) is 20.9 Å². The lowest BCUT2D eigenvalue weighted by molar-refractivity contribution is -0.140. The Morgan fingerprint density at radius 3 is 2.24 bits per heavy atom. The molecule has 1 aliphatic heterocycles. The van der Waals surface area contributed by atoms with Crippen molar-refractivity contribution in [2.45, 2.75) is 45.6 Å². The first-order valence-electron chi connectivity index (χ1n) is 11.5. The van der Waals surface area contributed by atoms with Gasteiger partial charge in [0.05, 0.1) is 23.1 Å². The van der Waals surface area contributed by atoms with Gasteiger partial charge in [-0.1, -0.05) is 54.8 Å². The second kappa shape index (κ2) is 9.98. The second-order valence-electron chi connectivity index (χ2n) is 8.84. The molecule has 1 saturated heterocycles. The van der Waals surface area contributed by atoms with E-state index >= 15 is 0 Å². The van der Waals surface area contributed by atoms with Crippen LogP contribution < -0.4 is 10.6 Å². The molecule has 4 amide bonds. The van der Waals surface area contributed by atoms with Crippen LogP contribution in [0.3, 0.4) is 0 Å². The van der Waals surface area contributed by atoms with Crippen LogP contribution in [0.25, 0.3) is 0 Å². The monoisotopic (exact) mass is 447 g/mol. The number of anilines is 1. The van der Waals surface area contributed by atoms with E-state index in [2.05, 4.69) is 10.6 Å². The minimum Gasteiger partial charge on any atom is -0.348 e. The number of hydrogen-bond donors (Lipinski definition) is 2. The molecule has 0 radical (unpaired) electrons. The Labute approximate surface area is 193 Å². The van der Waals surface area contributed by atoms with Crippen LogP contribution in [0.5, 0.6) is 0 Å². The molecule has 1 saturated carbocycles. The molecule has 2 unspecified atom stereocenters. The van der Waals surface area contributed by atoms with Gasteiger partial charge in [-0.2, -0.15) is 0 Å². The normalized spacial score (nSPS) is 19.8. The fourth-order valence-corrected chi connectivity index (χ4v) is 4.65. The molecule has 0 bridgehead atoms. The molecule has 2 fully saturated rings. The van der Waals surface area contributed by atoms with Gasteiger partial charge in [-0.05, 0) is 37.5 Å². The number of nitrogens with zero attached hydrogens (tertiary/aromatic N) is 1. The number of imide groups is 1. The Balaban J connectivity index is 1.34. The number of benzene rings is 2. The summed E-state index contributed by atoms with van der Waals surface area (Å²) in [6.45, 7) is 2.45. The van der Waals surface area contributed by atoms with Crippen molar-refractivity contribution < 1.29 is 19.2 Å². The third kappa shape index (κ3) is 5.13. The first kappa shape index (κ1) is 22.7. The molecule has 2 atom stereocenters. The lowest BCUT2D eigenvalue weighted by Gasteiger charge is -2.19. The summed E-state index contributed by atoms with van der Waals surface area (Å²) in [4.78, 5) is 51.8. The van der Waals surface area contributed by atoms with Crippen LogP contribution in [0.4, 0.5) is 5.69 Å². The van der Waals surface area contributed by atoms with Gasteiger partial charge in [-0.3, -0.25) is 24.1 Å². The standard InChI is InChI=1S/C26H29N3O4/c1-17-10-12-18(13-11-17)16-27-24(31)21-8-4-5-9-22(21)28-23(30)14-15-29-25(32)19-6-2-3-7-20(19)26(29)33/h4-5,8-13,19-20H,2-3,6-7,14-16H2,1H3,(H,27,31)(H,28,30). The highest BCUT2D eigenvalue weighted by Crippen LogP contribution is 2.38. The van der Waals surface area contributed by atoms with Crippen molar-refractivity contribution in [1.29, 1.82) is 0 Å². The quantitative estimate of drug-likeness (QED) is 0.636. The average molecular weight is 448 g/mol. The predicted octanol–water partition coefficient (Wildman–Crippen LogP) is 3.43. The van der Waals surface area contributed by atoms with E-state index in [4.69, 9.17) is 0 Å². The molecular weight excluding hydrogens is 418 g/mol. The zero-order valence-electron chi connectivity index (χ0n) is 18.8. The maximum absolute atomic E-state index is 12.7. The van der Waals surface area contributed by atoms with Gasteiger partial charge < -0.3 is 10.6 Å². The fraction of sp³-hybridized carbons (Fsp3) is 0.385. The van der Waals surface area contributed by atoms with Crippen molar-refractivity contribution in [2.75, 3.05) is 11.9 Å². The molecule has 33 heavy (non-hydrogen) atoms. The molecule has 2 aromatic rings. The number of fused-ring (bicyclic) bond motifs is 1. The molecule has 2 aliphatic rings. The van der Waals surface area contributed by atoms with Crippen molar-refractivity contribution >= 4 is 29.3 Å². The molecule has 1 heterocycles. The van der Waals surface area contributed by atoms with Gasteiger partial charge in [-0.25, -0.2) is 0 Å². The van der Waals surface area contributed by atoms with Gasteiger partial charge in [0.25, 0.3) is 5.91 Å². The van der Waals surface area contributed by atoms with Gasteiger partial charge in [0.1, 0.15) is 0 Å². The molecule has 4 rings (SSSR count). The molecule has 0 spiro atoms. The number of rotatable bonds is 7. The number of hydrogen-bond acceptors (Lipinski definition) is 4. The highest BCUT2D eigenvalue weighted by Gasteiger charge is 2.47. The maximum atomic E-state index is 12.7. The summed E-state index contributed by atoms with van der Waals surface area (Å²) in [5.41, 5.74) is 2.89. The number of amides is 4. The molecular formula is C26H29N3O4. The van der Waals surface area contributed by atoms with E-state index in [1.165, 1.54) is 4.90 Å². The van der Waals surface area contributed by atoms with E-state index in [9.17, 15) is 19.2 Å². The summed E-state index contributed by atoms with van der Waals surface area (Å²) in [5.74, 6) is -1.36. The Kier molecular flexibility index (Phi) is 6.87. The summed E-state index contributed by atoms with van der Waals surface area (Å²) < 4.78 is 0. The van der Waals surface area contributed by atoms with Crippen LogP contribution in [-0.4, -0.2) is 35.1 Å². The number of carbonyl (C=O) groups is 4. The third-order valence-corrected chi connectivity index (χ3v) is 6.51. The number of para-hydroxylation sites is 1. The SMILES string of the molecule is Cc1ccc(CNC(=O)c2ccccc2NC(=O)CCN2C(=O)C3CCCCC3C2=O)cc1. The van der Waals surface area contributed by atoms with Crippen molar-refractivity contribution in [3.8, 4) is 0 Å². The van der Waals surface area contributed by atoms with Gasteiger partial charge >= 0.3 is 0 Å². The topological polar surface area (TPSA) is 95.6 Å². The van der Waals surface area contributed by atoms with E-state index in [1.54, 1.807) is 24.3 Å². The zero-order valence-corrected chi connectivity index (χ0v) is 18.8. The summed E-state index contributed by atoms with van der Waals surface area (Å²) in [6.07, 6.45) is 3.44. The van der Waals surface area contributed by atoms with Gasteiger partial charge in [0.2, 0.25) is 17.7 Å². The molecule has 7 heteroatoms. The largest absolute Gasteiger partial charge is 0.348 e. The lowest BCUT2D eigenvalue weighted by Crippen LogP contribution is -2.34. The van der Waals surface area contributed by atoms with Crippen LogP contribution in [0, 0.1) is 18.8 Å². The number of aryl methyl sites for hydroxylation is 1. The summed E-state index contributed by atoms with van der Waals surface area (Å²) in [5, 5.41) is 5.64. The highest BCUT2D eigenvalue weighted by atomic mass is 16.2. The fourth-order valence-electron chi connectivity index (χ4n) is 4.65. The number of likely N-dealkylation sites (tertiary alicyclic amines) is 1. The summed E-state index contributed by atoms with van der Waals surface area (Å²) in [7, 11) is 0. The van der Waals surface area contributed by atoms with Crippen LogP contribution in [0.2, 0.25) is 0 Å². The van der Waals surface area contributed by atoms with Crippen LogP contribution >= 0.6 is 0 Å². The Morgan fingerprint density at radius 2 is 1.58 bits per heavy atom. The first-order chi connectivity index (χ1) is 15.9. The van der Waals surface area contributed by atoms with Crippen molar-refractivity contribution in [1.82, 2.24) is 10.2 Å². The van der Waals surface area contributed by atoms with Crippen LogP contribution in [0.15, 0.2) is 48.5 Å². The average Bonchev–Trinajstić information content (AvgIpc) is 3.07. The smallest absolute Gasteiger partial charge is 0.253 e.